The Bertz CT molecular complexity index is 1070. The first kappa shape index (κ1) is 21.3. The Morgan fingerprint density at radius 3 is 2.57 bits per heavy atom. The molecule has 3 aromatic carbocycles. The van der Waals surface area contributed by atoms with Gasteiger partial charge >= 0.3 is 11.8 Å². The molecule has 7 heteroatoms. The summed E-state index contributed by atoms with van der Waals surface area (Å²) < 4.78 is 6.70. The summed E-state index contributed by atoms with van der Waals surface area (Å²) in [4.78, 5) is 24.0. The standard InChI is InChI=1S/C23H20BrN3O3/c1-16-6-5-9-20(12-16)26-22(28)23(29)27-25-14-18-13-19(24)10-11-21(18)30-15-17-7-3-2-4-8-17/h2-14H,15H2,1H3,(H,26,28)(H,27,29)/b25-14+. The Morgan fingerprint density at radius 2 is 1.80 bits per heavy atom. The lowest BCUT2D eigenvalue weighted by molar-refractivity contribution is -0.136. The second-order valence-corrected chi connectivity index (χ2v) is 7.39. The van der Waals surface area contributed by atoms with Crippen LogP contribution in [0, 0.1) is 6.92 Å². The van der Waals surface area contributed by atoms with E-state index in [2.05, 4.69) is 31.8 Å². The van der Waals surface area contributed by atoms with Gasteiger partial charge in [-0.2, -0.15) is 5.10 Å². The van der Waals surface area contributed by atoms with Crippen molar-refractivity contribution >= 4 is 39.6 Å². The molecule has 30 heavy (non-hydrogen) atoms. The number of amides is 2. The number of nitrogens with zero attached hydrogens (tertiary/aromatic N) is 1. The number of rotatable bonds is 6. The first-order valence-electron chi connectivity index (χ1n) is 9.18. The van der Waals surface area contributed by atoms with Crippen molar-refractivity contribution in [2.24, 2.45) is 5.10 Å². The fourth-order valence-electron chi connectivity index (χ4n) is 2.61. The highest BCUT2D eigenvalue weighted by Crippen LogP contribution is 2.22. The zero-order chi connectivity index (χ0) is 21.3. The molecule has 0 aliphatic rings. The number of carbonyl (C=O) groups is 2. The second-order valence-electron chi connectivity index (χ2n) is 6.48. The van der Waals surface area contributed by atoms with E-state index in [1.807, 2.05) is 55.5 Å². The van der Waals surface area contributed by atoms with Crippen molar-refractivity contribution in [2.45, 2.75) is 13.5 Å². The maximum Gasteiger partial charge on any atom is 0.329 e. The molecular weight excluding hydrogens is 446 g/mol. The summed E-state index contributed by atoms with van der Waals surface area (Å²) in [5.74, 6) is -1.06. The van der Waals surface area contributed by atoms with E-state index in [1.54, 1.807) is 24.3 Å². The Hall–Kier alpha value is -3.45. The number of carbonyl (C=O) groups excluding carboxylic acids is 2. The SMILES string of the molecule is Cc1cccc(NC(=O)C(=O)N/N=C/c2cc(Br)ccc2OCc2ccccc2)c1. The van der Waals surface area contributed by atoms with Gasteiger partial charge < -0.3 is 10.1 Å². The normalized spacial score (nSPS) is 10.6. The van der Waals surface area contributed by atoms with Gasteiger partial charge in [-0.05, 0) is 48.4 Å². The van der Waals surface area contributed by atoms with E-state index in [-0.39, 0.29) is 0 Å². The van der Waals surface area contributed by atoms with E-state index in [0.29, 0.717) is 23.6 Å². The van der Waals surface area contributed by atoms with Gasteiger partial charge in [-0.25, -0.2) is 5.43 Å². The summed E-state index contributed by atoms with van der Waals surface area (Å²) in [5.41, 5.74) is 5.44. The van der Waals surface area contributed by atoms with Gasteiger partial charge in [0.1, 0.15) is 12.4 Å². The van der Waals surface area contributed by atoms with E-state index in [4.69, 9.17) is 4.74 Å². The van der Waals surface area contributed by atoms with Gasteiger partial charge in [-0.1, -0.05) is 58.4 Å². The summed E-state index contributed by atoms with van der Waals surface area (Å²) in [6.07, 6.45) is 1.43. The zero-order valence-electron chi connectivity index (χ0n) is 16.3. The maximum absolute atomic E-state index is 12.0. The van der Waals surface area contributed by atoms with E-state index in [1.165, 1.54) is 6.21 Å². The molecular formula is C23H20BrN3O3. The predicted molar refractivity (Wildman–Crippen MR) is 120 cm³/mol. The molecule has 0 atom stereocenters. The largest absolute Gasteiger partial charge is 0.488 e. The minimum Gasteiger partial charge on any atom is -0.488 e. The molecule has 6 nitrogen and oxygen atoms in total. The van der Waals surface area contributed by atoms with Crippen LogP contribution in [0.2, 0.25) is 0 Å². The average Bonchev–Trinajstić information content (AvgIpc) is 2.74. The van der Waals surface area contributed by atoms with Gasteiger partial charge in [-0.15, -0.1) is 0 Å². The van der Waals surface area contributed by atoms with Gasteiger partial charge in [0, 0.05) is 15.7 Å². The van der Waals surface area contributed by atoms with Crippen LogP contribution in [-0.4, -0.2) is 18.0 Å². The third-order valence-corrected chi connectivity index (χ3v) is 4.55. The van der Waals surface area contributed by atoms with Crippen LogP contribution in [0.5, 0.6) is 5.75 Å². The molecule has 0 saturated carbocycles. The number of hydrogen-bond acceptors (Lipinski definition) is 4. The van der Waals surface area contributed by atoms with Crippen molar-refractivity contribution in [3.63, 3.8) is 0 Å². The molecule has 0 aliphatic carbocycles. The third-order valence-electron chi connectivity index (χ3n) is 4.06. The topological polar surface area (TPSA) is 79.8 Å². The molecule has 2 amide bonds. The second kappa shape index (κ2) is 10.4. The highest BCUT2D eigenvalue weighted by Gasteiger charge is 2.13. The minimum atomic E-state index is -0.866. The molecule has 0 bridgehead atoms. The lowest BCUT2D eigenvalue weighted by Crippen LogP contribution is -2.32. The number of hydrogen-bond donors (Lipinski definition) is 2. The van der Waals surface area contributed by atoms with E-state index in [0.717, 1.165) is 15.6 Å². The molecule has 0 aromatic heterocycles. The Morgan fingerprint density at radius 1 is 1.00 bits per heavy atom. The van der Waals surface area contributed by atoms with Crippen LogP contribution in [0.25, 0.3) is 0 Å². The first-order valence-corrected chi connectivity index (χ1v) is 9.98. The van der Waals surface area contributed by atoms with Gasteiger partial charge in [0.2, 0.25) is 0 Å². The van der Waals surface area contributed by atoms with Crippen LogP contribution in [0.15, 0.2) is 82.4 Å². The van der Waals surface area contributed by atoms with Crippen molar-refractivity contribution in [2.75, 3.05) is 5.32 Å². The number of benzene rings is 3. The smallest absolute Gasteiger partial charge is 0.329 e. The highest BCUT2D eigenvalue weighted by molar-refractivity contribution is 9.10. The summed E-state index contributed by atoms with van der Waals surface area (Å²) in [6.45, 7) is 2.30. The molecule has 152 valence electrons. The summed E-state index contributed by atoms with van der Waals surface area (Å²) >= 11 is 3.41. The average molecular weight is 466 g/mol. The monoisotopic (exact) mass is 465 g/mol. The van der Waals surface area contributed by atoms with Crippen LogP contribution in [0.1, 0.15) is 16.7 Å². The van der Waals surface area contributed by atoms with Gasteiger partial charge in [0.25, 0.3) is 0 Å². The van der Waals surface area contributed by atoms with Crippen LogP contribution < -0.4 is 15.5 Å². The van der Waals surface area contributed by atoms with Crippen LogP contribution in [0.3, 0.4) is 0 Å². The molecule has 0 spiro atoms. The van der Waals surface area contributed by atoms with Crippen molar-refractivity contribution in [1.29, 1.82) is 0 Å². The summed E-state index contributed by atoms with van der Waals surface area (Å²) in [5, 5.41) is 6.43. The van der Waals surface area contributed by atoms with Crippen molar-refractivity contribution < 1.29 is 14.3 Å². The molecule has 0 unspecified atom stereocenters. The number of nitrogens with one attached hydrogen (secondary N) is 2. The Balaban J connectivity index is 1.61. The van der Waals surface area contributed by atoms with Crippen LogP contribution in [-0.2, 0) is 16.2 Å². The lowest BCUT2D eigenvalue weighted by Gasteiger charge is -2.09. The first-order chi connectivity index (χ1) is 14.5. The number of aryl methyl sites for hydroxylation is 1. The van der Waals surface area contributed by atoms with Gasteiger partial charge in [-0.3, -0.25) is 9.59 Å². The molecule has 2 N–H and O–H groups in total. The van der Waals surface area contributed by atoms with Gasteiger partial charge in [0.05, 0.1) is 6.21 Å². The molecule has 0 aliphatic heterocycles. The predicted octanol–water partition coefficient (Wildman–Crippen LogP) is 4.43. The van der Waals surface area contributed by atoms with E-state index < -0.39 is 11.8 Å². The Kier molecular flexibility index (Phi) is 7.34. The zero-order valence-corrected chi connectivity index (χ0v) is 17.8. The fourth-order valence-corrected chi connectivity index (χ4v) is 2.99. The fraction of sp³-hybridized carbons (Fsp3) is 0.0870. The van der Waals surface area contributed by atoms with Crippen molar-refractivity contribution in [1.82, 2.24) is 5.43 Å². The lowest BCUT2D eigenvalue weighted by atomic mass is 10.2. The Labute approximate surface area is 183 Å². The van der Waals surface area contributed by atoms with Crippen molar-refractivity contribution in [3.8, 4) is 5.75 Å². The van der Waals surface area contributed by atoms with Gasteiger partial charge in [0.15, 0.2) is 0 Å². The summed E-state index contributed by atoms with van der Waals surface area (Å²) in [7, 11) is 0. The number of ether oxygens (including phenoxy) is 1. The highest BCUT2D eigenvalue weighted by atomic mass is 79.9. The van der Waals surface area contributed by atoms with Crippen molar-refractivity contribution in [3.05, 3.63) is 94.0 Å². The number of anilines is 1. The molecule has 0 saturated heterocycles. The number of hydrazone groups is 1. The number of halogens is 1. The molecule has 3 rings (SSSR count). The minimum absolute atomic E-state index is 0.397. The molecule has 0 radical (unpaired) electrons. The summed E-state index contributed by atoms with van der Waals surface area (Å²) in [6, 6.07) is 22.4. The maximum atomic E-state index is 12.0. The molecule has 0 heterocycles. The van der Waals surface area contributed by atoms with E-state index in [9.17, 15) is 9.59 Å². The quantitative estimate of drug-likeness (QED) is 0.321. The molecule has 0 fully saturated rings. The van der Waals surface area contributed by atoms with Crippen LogP contribution >= 0.6 is 15.9 Å². The van der Waals surface area contributed by atoms with E-state index >= 15 is 0 Å². The van der Waals surface area contributed by atoms with Crippen LogP contribution in [0.4, 0.5) is 5.69 Å². The molecule has 3 aromatic rings. The third kappa shape index (κ3) is 6.28.